The van der Waals surface area contributed by atoms with E-state index in [0.29, 0.717) is 22.1 Å². The second-order valence-electron chi connectivity index (χ2n) is 5.74. The number of benzene rings is 2. The van der Waals surface area contributed by atoms with Crippen LogP contribution >= 0.6 is 11.6 Å². The van der Waals surface area contributed by atoms with Gasteiger partial charge in [0.15, 0.2) is 5.65 Å². The summed E-state index contributed by atoms with van der Waals surface area (Å²) in [6.45, 7) is 0. The fourth-order valence-electron chi connectivity index (χ4n) is 2.67. The summed E-state index contributed by atoms with van der Waals surface area (Å²) in [5, 5.41) is 4.32. The van der Waals surface area contributed by atoms with Crippen LogP contribution in [0.3, 0.4) is 0 Å². The highest BCUT2D eigenvalue weighted by Gasteiger charge is 2.09. The van der Waals surface area contributed by atoms with Crippen molar-refractivity contribution >= 4 is 34.4 Å². The van der Waals surface area contributed by atoms with Crippen molar-refractivity contribution in [2.24, 2.45) is 0 Å². The Morgan fingerprint density at radius 1 is 0.808 bits per heavy atom. The molecule has 0 saturated heterocycles. The molecule has 0 unspecified atom stereocenters. The lowest BCUT2D eigenvalue weighted by atomic mass is 10.1. The highest BCUT2D eigenvalue weighted by molar-refractivity contribution is 6.33. The molecule has 2 aromatic carbocycles. The molecule has 0 atom stereocenters. The summed E-state index contributed by atoms with van der Waals surface area (Å²) in [7, 11) is 0. The van der Waals surface area contributed by atoms with Crippen LogP contribution in [0.1, 0.15) is 10.4 Å². The van der Waals surface area contributed by atoms with Crippen molar-refractivity contribution in [2.75, 3.05) is 5.32 Å². The smallest absolute Gasteiger partial charge is 0.256 e. The number of hydrogen-bond donors (Lipinski definition) is 1. The number of fused-ring (bicyclic) bond motifs is 1. The van der Waals surface area contributed by atoms with Crippen molar-refractivity contribution in [1.29, 1.82) is 0 Å². The molecular formula is C21H14ClN3O. The Bertz CT molecular complexity index is 1100. The highest BCUT2D eigenvalue weighted by Crippen LogP contribution is 2.27. The number of nitrogens with zero attached hydrogens (tertiary/aromatic N) is 2. The molecule has 0 fully saturated rings. The van der Waals surface area contributed by atoms with Crippen molar-refractivity contribution in [3.63, 3.8) is 0 Å². The van der Waals surface area contributed by atoms with Crippen LogP contribution in [0.15, 0.2) is 78.9 Å². The van der Waals surface area contributed by atoms with E-state index in [4.69, 9.17) is 11.6 Å². The zero-order chi connectivity index (χ0) is 17.9. The fourth-order valence-corrected chi connectivity index (χ4v) is 2.90. The summed E-state index contributed by atoms with van der Waals surface area (Å²) in [4.78, 5) is 21.4. The molecule has 4 rings (SSSR count). The van der Waals surface area contributed by atoms with Gasteiger partial charge in [-0.25, -0.2) is 9.97 Å². The molecule has 2 heterocycles. The van der Waals surface area contributed by atoms with Gasteiger partial charge in [0.1, 0.15) is 5.82 Å². The molecule has 126 valence electrons. The largest absolute Gasteiger partial charge is 0.306 e. The summed E-state index contributed by atoms with van der Waals surface area (Å²) in [6, 6.07) is 24.0. The number of carbonyl (C=O) groups is 1. The van der Waals surface area contributed by atoms with Crippen LogP contribution in [0.5, 0.6) is 0 Å². The quantitative estimate of drug-likeness (QED) is 0.546. The van der Waals surface area contributed by atoms with Crippen LogP contribution in [0.25, 0.3) is 22.3 Å². The monoisotopic (exact) mass is 359 g/mol. The number of carbonyl (C=O) groups excluding carboxylic acids is 1. The maximum Gasteiger partial charge on any atom is 0.256 e. The molecule has 1 N–H and O–H groups in total. The highest BCUT2D eigenvalue weighted by atomic mass is 35.5. The van der Waals surface area contributed by atoms with Gasteiger partial charge in [-0.15, -0.1) is 0 Å². The first-order valence-corrected chi connectivity index (χ1v) is 8.47. The van der Waals surface area contributed by atoms with Crippen LogP contribution < -0.4 is 5.32 Å². The van der Waals surface area contributed by atoms with Crippen LogP contribution in [-0.2, 0) is 0 Å². The van der Waals surface area contributed by atoms with Crippen molar-refractivity contribution in [2.45, 2.75) is 0 Å². The van der Waals surface area contributed by atoms with Gasteiger partial charge < -0.3 is 5.32 Å². The van der Waals surface area contributed by atoms with Gasteiger partial charge in [0.05, 0.1) is 5.69 Å². The lowest BCUT2D eigenvalue weighted by molar-refractivity contribution is 0.102. The van der Waals surface area contributed by atoms with E-state index in [-0.39, 0.29) is 5.91 Å². The minimum absolute atomic E-state index is 0.209. The minimum atomic E-state index is -0.209. The molecule has 1 amide bonds. The number of amides is 1. The average Bonchev–Trinajstić information content (AvgIpc) is 2.68. The fraction of sp³-hybridized carbons (Fsp3) is 0. The van der Waals surface area contributed by atoms with Gasteiger partial charge in [-0.05, 0) is 42.5 Å². The molecule has 5 heteroatoms. The van der Waals surface area contributed by atoms with Gasteiger partial charge in [0.25, 0.3) is 5.91 Å². The maximum absolute atomic E-state index is 12.3. The van der Waals surface area contributed by atoms with Gasteiger partial charge in [0.2, 0.25) is 0 Å². The maximum atomic E-state index is 12.3. The Labute approximate surface area is 155 Å². The number of anilines is 1. The zero-order valence-corrected chi connectivity index (χ0v) is 14.4. The average molecular weight is 360 g/mol. The lowest BCUT2D eigenvalue weighted by Gasteiger charge is -2.07. The standard InChI is InChI=1S/C21H14ClN3O/c22-17-9-5-4-8-16(17)18-12-10-14-11-13-19(24-20(14)23-18)25-21(26)15-6-2-1-3-7-15/h1-13H,(H,23,24,25,26). The second kappa shape index (κ2) is 6.94. The van der Waals surface area contributed by atoms with Gasteiger partial charge in [-0.3, -0.25) is 4.79 Å². The first kappa shape index (κ1) is 16.2. The van der Waals surface area contributed by atoms with E-state index >= 15 is 0 Å². The molecule has 0 aliphatic rings. The summed E-state index contributed by atoms with van der Waals surface area (Å²) < 4.78 is 0. The molecule has 0 radical (unpaired) electrons. The van der Waals surface area contributed by atoms with E-state index in [9.17, 15) is 4.79 Å². The van der Waals surface area contributed by atoms with Crippen molar-refractivity contribution in [3.8, 4) is 11.3 Å². The number of halogens is 1. The van der Waals surface area contributed by atoms with Crippen LogP contribution in [-0.4, -0.2) is 15.9 Å². The zero-order valence-electron chi connectivity index (χ0n) is 13.7. The molecule has 0 aliphatic heterocycles. The predicted octanol–water partition coefficient (Wildman–Crippen LogP) is 5.20. The van der Waals surface area contributed by atoms with Crippen LogP contribution in [0.4, 0.5) is 5.82 Å². The predicted molar refractivity (Wildman–Crippen MR) is 104 cm³/mol. The summed E-state index contributed by atoms with van der Waals surface area (Å²) in [6.07, 6.45) is 0. The van der Waals surface area contributed by atoms with E-state index in [0.717, 1.165) is 16.6 Å². The van der Waals surface area contributed by atoms with E-state index in [1.54, 1.807) is 18.2 Å². The van der Waals surface area contributed by atoms with E-state index < -0.39 is 0 Å². The molecule has 0 bridgehead atoms. The summed E-state index contributed by atoms with van der Waals surface area (Å²) >= 11 is 6.26. The number of nitrogens with one attached hydrogen (secondary N) is 1. The molecule has 4 aromatic rings. The Balaban J connectivity index is 1.68. The molecule has 4 nitrogen and oxygen atoms in total. The third-order valence-corrected chi connectivity index (χ3v) is 4.31. The minimum Gasteiger partial charge on any atom is -0.306 e. The molecule has 2 aromatic heterocycles. The van der Waals surface area contributed by atoms with Gasteiger partial charge in [-0.2, -0.15) is 0 Å². The molecular weight excluding hydrogens is 346 g/mol. The Hall–Kier alpha value is -3.24. The molecule has 0 saturated carbocycles. The Morgan fingerprint density at radius 3 is 2.35 bits per heavy atom. The van der Waals surface area contributed by atoms with Crippen LogP contribution in [0.2, 0.25) is 5.02 Å². The first-order chi connectivity index (χ1) is 12.7. The van der Waals surface area contributed by atoms with Gasteiger partial charge >= 0.3 is 0 Å². The summed E-state index contributed by atoms with van der Waals surface area (Å²) in [5.41, 5.74) is 2.71. The normalized spacial score (nSPS) is 10.7. The third-order valence-electron chi connectivity index (χ3n) is 3.98. The lowest BCUT2D eigenvalue weighted by Crippen LogP contribution is -2.12. The van der Waals surface area contributed by atoms with E-state index in [1.807, 2.05) is 60.7 Å². The van der Waals surface area contributed by atoms with E-state index in [2.05, 4.69) is 15.3 Å². The third kappa shape index (κ3) is 3.27. The second-order valence-corrected chi connectivity index (χ2v) is 6.15. The topological polar surface area (TPSA) is 54.9 Å². The van der Waals surface area contributed by atoms with E-state index in [1.165, 1.54) is 0 Å². The summed E-state index contributed by atoms with van der Waals surface area (Å²) in [5.74, 6) is 0.245. The van der Waals surface area contributed by atoms with Crippen LogP contribution in [0, 0.1) is 0 Å². The van der Waals surface area contributed by atoms with Crippen molar-refractivity contribution in [1.82, 2.24) is 9.97 Å². The van der Waals surface area contributed by atoms with Gasteiger partial charge in [-0.1, -0.05) is 48.0 Å². The number of rotatable bonds is 3. The Morgan fingerprint density at radius 2 is 1.54 bits per heavy atom. The van der Waals surface area contributed by atoms with Crippen molar-refractivity contribution in [3.05, 3.63) is 89.4 Å². The number of pyridine rings is 2. The van der Waals surface area contributed by atoms with Gasteiger partial charge in [0, 0.05) is 21.5 Å². The molecule has 0 spiro atoms. The number of aromatic nitrogens is 2. The Kier molecular flexibility index (Phi) is 4.33. The molecule has 26 heavy (non-hydrogen) atoms. The van der Waals surface area contributed by atoms with Crippen molar-refractivity contribution < 1.29 is 4.79 Å². The SMILES string of the molecule is O=C(Nc1ccc2ccc(-c3ccccc3Cl)nc2n1)c1ccccc1. The number of hydrogen-bond acceptors (Lipinski definition) is 3. The first-order valence-electron chi connectivity index (χ1n) is 8.10. The molecule has 0 aliphatic carbocycles.